The number of hydrogen-bond donors (Lipinski definition) is 0. The van der Waals surface area contributed by atoms with E-state index in [0.717, 1.165) is 37.6 Å². The largest absolute Gasteiger partial charge is 0.331 e. The van der Waals surface area contributed by atoms with Crippen LogP contribution in [0, 0.1) is 11.8 Å². The molecule has 0 aromatic carbocycles. The summed E-state index contributed by atoms with van der Waals surface area (Å²) in [5.74, 6) is 2.94. The minimum Gasteiger partial charge on any atom is -0.331 e. The van der Waals surface area contributed by atoms with Gasteiger partial charge < -0.3 is 9.13 Å². The third kappa shape index (κ3) is 7.51. The number of ketones is 1. The van der Waals surface area contributed by atoms with Gasteiger partial charge in [-0.2, -0.15) is 0 Å². The maximum atomic E-state index is 12.1. The molecular formula is C23H32N4O. The molecule has 0 fully saturated rings. The first-order valence-corrected chi connectivity index (χ1v) is 10.0. The molecule has 0 atom stereocenters. The van der Waals surface area contributed by atoms with Crippen LogP contribution in [-0.2, 0) is 17.9 Å². The molecule has 0 aliphatic rings. The van der Waals surface area contributed by atoms with Crippen LogP contribution in [0.1, 0.15) is 52.2 Å². The molecule has 0 spiro atoms. The number of aromatic nitrogens is 4. The molecule has 28 heavy (non-hydrogen) atoms. The van der Waals surface area contributed by atoms with Crippen LogP contribution in [0.25, 0.3) is 12.2 Å². The normalized spacial score (nSPS) is 12.5. The third-order valence-electron chi connectivity index (χ3n) is 4.40. The van der Waals surface area contributed by atoms with E-state index in [2.05, 4.69) is 46.8 Å². The second-order valence-corrected chi connectivity index (χ2v) is 7.78. The van der Waals surface area contributed by atoms with E-state index in [-0.39, 0.29) is 5.78 Å². The van der Waals surface area contributed by atoms with Crippen LogP contribution in [0.2, 0.25) is 0 Å². The van der Waals surface area contributed by atoms with Crippen molar-refractivity contribution in [2.45, 2.75) is 53.6 Å². The predicted molar refractivity (Wildman–Crippen MR) is 116 cm³/mol. The van der Waals surface area contributed by atoms with Crippen LogP contribution < -0.4 is 0 Å². The molecule has 5 nitrogen and oxygen atoms in total. The molecule has 2 heterocycles. The SMILES string of the molecule is CC(C)CCn1ccnc1/C=C/C=C/C(=O)/C=C/c1nccn1CCC(C)C. The smallest absolute Gasteiger partial charge is 0.178 e. The summed E-state index contributed by atoms with van der Waals surface area (Å²) >= 11 is 0. The van der Waals surface area contributed by atoms with E-state index in [1.54, 1.807) is 36.7 Å². The minimum atomic E-state index is -0.0637. The van der Waals surface area contributed by atoms with E-state index in [1.165, 1.54) is 0 Å². The first-order chi connectivity index (χ1) is 13.5. The molecule has 0 N–H and O–H groups in total. The van der Waals surface area contributed by atoms with Crippen LogP contribution in [-0.4, -0.2) is 24.9 Å². The van der Waals surface area contributed by atoms with Crippen molar-refractivity contribution in [3.63, 3.8) is 0 Å². The zero-order chi connectivity index (χ0) is 20.4. The summed E-state index contributed by atoms with van der Waals surface area (Å²) in [4.78, 5) is 20.7. The summed E-state index contributed by atoms with van der Waals surface area (Å²) in [5.41, 5.74) is 0. The Hall–Kier alpha value is -2.69. The highest BCUT2D eigenvalue weighted by molar-refractivity contribution is 6.01. The van der Waals surface area contributed by atoms with E-state index >= 15 is 0 Å². The number of imidazole rings is 2. The molecule has 0 unspecified atom stereocenters. The van der Waals surface area contributed by atoms with Gasteiger partial charge in [-0.1, -0.05) is 39.8 Å². The van der Waals surface area contributed by atoms with E-state index < -0.39 is 0 Å². The standard InChI is InChI=1S/C23H32N4O/c1-19(2)11-15-26-17-13-24-22(26)8-6-5-7-21(28)9-10-23-25-14-18-27(23)16-12-20(3)4/h5-10,13-14,17-20H,11-12,15-16H2,1-4H3/b7-5+,8-6+,10-9+. The van der Waals surface area contributed by atoms with E-state index in [4.69, 9.17) is 0 Å². The molecule has 0 bridgehead atoms. The van der Waals surface area contributed by atoms with E-state index in [1.807, 2.05) is 24.5 Å². The molecule has 0 aliphatic heterocycles. The Balaban J connectivity index is 1.87. The summed E-state index contributed by atoms with van der Waals surface area (Å²) in [6.45, 7) is 10.7. The van der Waals surface area contributed by atoms with Gasteiger partial charge in [-0.15, -0.1) is 0 Å². The van der Waals surface area contributed by atoms with Gasteiger partial charge in [0.2, 0.25) is 0 Å². The summed E-state index contributed by atoms with van der Waals surface area (Å²) < 4.78 is 4.20. The van der Waals surface area contributed by atoms with Gasteiger partial charge in [-0.3, -0.25) is 4.79 Å². The van der Waals surface area contributed by atoms with Crippen LogP contribution in [0.3, 0.4) is 0 Å². The molecule has 0 saturated heterocycles. The van der Waals surface area contributed by atoms with Crippen molar-refractivity contribution in [1.29, 1.82) is 0 Å². The van der Waals surface area contributed by atoms with Crippen molar-refractivity contribution in [3.8, 4) is 0 Å². The second-order valence-electron chi connectivity index (χ2n) is 7.78. The lowest BCUT2D eigenvalue weighted by Crippen LogP contribution is -2.02. The molecule has 0 aliphatic carbocycles. The zero-order valence-electron chi connectivity index (χ0n) is 17.5. The fourth-order valence-electron chi connectivity index (χ4n) is 2.64. The average molecular weight is 381 g/mol. The molecule has 150 valence electrons. The van der Waals surface area contributed by atoms with Gasteiger partial charge in [0.1, 0.15) is 11.6 Å². The van der Waals surface area contributed by atoms with Crippen LogP contribution >= 0.6 is 0 Å². The lowest BCUT2D eigenvalue weighted by molar-refractivity contribution is -0.110. The van der Waals surface area contributed by atoms with Crippen molar-refractivity contribution >= 4 is 17.9 Å². The number of aryl methyl sites for hydroxylation is 2. The van der Waals surface area contributed by atoms with E-state index in [0.29, 0.717) is 11.8 Å². The molecule has 0 saturated carbocycles. The lowest BCUT2D eigenvalue weighted by Gasteiger charge is -2.07. The molecule has 0 amide bonds. The van der Waals surface area contributed by atoms with Crippen molar-refractivity contribution in [2.24, 2.45) is 11.8 Å². The highest BCUT2D eigenvalue weighted by Gasteiger charge is 2.02. The first-order valence-electron chi connectivity index (χ1n) is 10.0. The zero-order valence-corrected chi connectivity index (χ0v) is 17.5. The number of carbonyl (C=O) groups excluding carboxylic acids is 1. The van der Waals surface area contributed by atoms with Crippen molar-refractivity contribution < 1.29 is 4.79 Å². The highest BCUT2D eigenvalue weighted by atomic mass is 16.1. The summed E-state index contributed by atoms with van der Waals surface area (Å²) in [5, 5.41) is 0. The summed E-state index contributed by atoms with van der Waals surface area (Å²) in [6.07, 6.45) is 20.1. The molecule has 2 aromatic rings. The molecule has 5 heteroatoms. The van der Waals surface area contributed by atoms with Crippen molar-refractivity contribution in [3.05, 3.63) is 60.7 Å². The van der Waals surface area contributed by atoms with Gasteiger partial charge in [0.15, 0.2) is 5.78 Å². The second kappa shape index (κ2) is 11.2. The van der Waals surface area contributed by atoms with Gasteiger partial charge in [0, 0.05) is 37.9 Å². The minimum absolute atomic E-state index is 0.0637. The maximum absolute atomic E-state index is 12.1. The van der Waals surface area contributed by atoms with Gasteiger partial charge in [-0.05, 0) is 49.0 Å². The van der Waals surface area contributed by atoms with Crippen LogP contribution in [0.5, 0.6) is 0 Å². The first kappa shape index (κ1) is 21.6. The van der Waals surface area contributed by atoms with Gasteiger partial charge in [0.25, 0.3) is 0 Å². The van der Waals surface area contributed by atoms with Crippen LogP contribution in [0.15, 0.2) is 49.1 Å². The van der Waals surface area contributed by atoms with Crippen molar-refractivity contribution in [2.75, 3.05) is 0 Å². The Bertz CT molecular complexity index is 821. The Morgan fingerprint density at radius 1 is 0.857 bits per heavy atom. The van der Waals surface area contributed by atoms with Crippen LogP contribution in [0.4, 0.5) is 0 Å². The fourth-order valence-corrected chi connectivity index (χ4v) is 2.64. The average Bonchev–Trinajstić information content (AvgIpc) is 3.28. The number of carbonyl (C=O) groups is 1. The monoisotopic (exact) mass is 380 g/mol. The molecule has 0 radical (unpaired) electrons. The van der Waals surface area contributed by atoms with Gasteiger partial charge in [0.05, 0.1) is 0 Å². The Labute approximate surface area is 168 Å². The quantitative estimate of drug-likeness (QED) is 0.406. The summed E-state index contributed by atoms with van der Waals surface area (Å²) in [6, 6.07) is 0. The Morgan fingerprint density at radius 2 is 1.39 bits per heavy atom. The Morgan fingerprint density at radius 3 is 1.93 bits per heavy atom. The topological polar surface area (TPSA) is 52.7 Å². The Kier molecular flexibility index (Phi) is 8.66. The number of nitrogens with zero attached hydrogens (tertiary/aromatic N) is 4. The summed E-state index contributed by atoms with van der Waals surface area (Å²) in [7, 11) is 0. The van der Waals surface area contributed by atoms with Gasteiger partial charge in [-0.25, -0.2) is 9.97 Å². The molecular weight excluding hydrogens is 348 g/mol. The number of rotatable bonds is 11. The molecule has 2 aromatic heterocycles. The number of allylic oxidation sites excluding steroid dienone is 4. The maximum Gasteiger partial charge on any atom is 0.178 e. The number of hydrogen-bond acceptors (Lipinski definition) is 3. The van der Waals surface area contributed by atoms with Gasteiger partial charge >= 0.3 is 0 Å². The van der Waals surface area contributed by atoms with Crippen molar-refractivity contribution in [1.82, 2.24) is 19.1 Å². The predicted octanol–water partition coefficient (Wildman–Crippen LogP) is 5.02. The lowest BCUT2D eigenvalue weighted by atomic mass is 10.1. The fraction of sp³-hybridized carbons (Fsp3) is 0.435. The highest BCUT2D eigenvalue weighted by Crippen LogP contribution is 2.08. The third-order valence-corrected chi connectivity index (χ3v) is 4.40. The molecule has 2 rings (SSSR count). The van der Waals surface area contributed by atoms with E-state index in [9.17, 15) is 4.79 Å².